The van der Waals surface area contributed by atoms with E-state index in [4.69, 9.17) is 24.6 Å². The highest BCUT2D eigenvalue weighted by molar-refractivity contribution is 7.46. The molecular formula is C51H66N10O13P2. The largest absolute Gasteiger partial charge is 0.756 e. The summed E-state index contributed by atoms with van der Waals surface area (Å²) in [7, 11) is -8.77. The van der Waals surface area contributed by atoms with Crippen molar-refractivity contribution in [3.8, 4) is 11.5 Å². The molecule has 23 nitrogen and oxygen atoms in total. The molecule has 0 saturated carbocycles. The molecule has 1 saturated heterocycles. The zero-order valence-corrected chi connectivity index (χ0v) is 44.6. The van der Waals surface area contributed by atoms with Gasteiger partial charge in [0.25, 0.3) is 13.7 Å². The minimum absolute atomic E-state index is 0.00975. The second-order valence-corrected chi connectivity index (χ2v) is 21.9. The number of nitrogens with two attached hydrogens (primary N) is 1. The SMILES string of the molecule is CCN1CCCc2cc3c(cc21)Oc1cc2c(cc1=C3c1ccccc1C(=O)N(C)CCCC(=O)NCCCCCCNc1nc3c(N)ncnc3n1[C@@H]1O[C@H](COP(=O)([O-])O)[C@@H](OP(=O)(O)O)[C@H]1O)CCC[N+]=2CC. The van der Waals surface area contributed by atoms with E-state index in [-0.39, 0.29) is 41.2 Å². The summed E-state index contributed by atoms with van der Waals surface area (Å²) in [6, 6.07) is 16.8. The molecule has 2 aromatic heterocycles. The molecule has 3 aromatic carbocycles. The van der Waals surface area contributed by atoms with E-state index in [0.29, 0.717) is 44.5 Å². The summed E-state index contributed by atoms with van der Waals surface area (Å²) < 4.78 is 48.6. The van der Waals surface area contributed by atoms with Gasteiger partial charge in [-0.05, 0) is 81.7 Å². The highest BCUT2D eigenvalue weighted by Gasteiger charge is 2.50. The van der Waals surface area contributed by atoms with E-state index in [9.17, 15) is 38.5 Å². The number of carbonyl (C=O) groups excluding carboxylic acids is 2. The lowest BCUT2D eigenvalue weighted by atomic mass is 9.86. The van der Waals surface area contributed by atoms with E-state index in [2.05, 4.69) is 77.7 Å². The molecule has 0 aliphatic carbocycles. The van der Waals surface area contributed by atoms with Crippen molar-refractivity contribution in [3.63, 3.8) is 0 Å². The average molecular weight is 1090 g/mol. The lowest BCUT2D eigenvalue weighted by Gasteiger charge is -2.33. The van der Waals surface area contributed by atoms with Crippen LogP contribution in [0.5, 0.6) is 11.5 Å². The number of amides is 2. The van der Waals surface area contributed by atoms with Gasteiger partial charge in [0.1, 0.15) is 49.2 Å². The van der Waals surface area contributed by atoms with Crippen molar-refractivity contribution in [2.24, 2.45) is 0 Å². The number of nitrogens with zero attached hydrogens (tertiary/aromatic N) is 7. The summed E-state index contributed by atoms with van der Waals surface area (Å²) in [5, 5.41) is 19.5. The number of rotatable bonds is 22. The number of aromatic nitrogens is 4. The molecule has 0 radical (unpaired) electrons. The molecular weight excluding hydrogens is 1020 g/mol. The van der Waals surface area contributed by atoms with Crippen LogP contribution in [0.3, 0.4) is 0 Å². The van der Waals surface area contributed by atoms with Gasteiger partial charge in [-0.15, -0.1) is 0 Å². The van der Waals surface area contributed by atoms with Crippen molar-refractivity contribution in [1.29, 1.82) is 0 Å². The van der Waals surface area contributed by atoms with Crippen molar-refractivity contribution in [3.05, 3.63) is 93.3 Å². The summed E-state index contributed by atoms with van der Waals surface area (Å²) in [6.45, 7) is 8.43. The zero-order chi connectivity index (χ0) is 53.9. The van der Waals surface area contributed by atoms with Crippen LogP contribution in [0.4, 0.5) is 17.5 Å². The van der Waals surface area contributed by atoms with E-state index in [1.807, 2.05) is 24.3 Å². The Morgan fingerprint density at radius 1 is 0.974 bits per heavy atom. The molecule has 5 atom stereocenters. The number of carbonyl (C=O) groups is 2. The minimum atomic E-state index is -5.30. The number of benzene rings is 3. The fourth-order valence-corrected chi connectivity index (χ4v) is 11.7. The van der Waals surface area contributed by atoms with Gasteiger partial charge in [0.2, 0.25) is 17.2 Å². The highest BCUT2D eigenvalue weighted by atomic mass is 31.2. The number of aryl methyl sites for hydroxylation is 2. The number of unbranched alkanes of at least 4 members (excludes halogenated alkanes) is 3. The monoisotopic (exact) mass is 1090 g/mol. The maximum absolute atomic E-state index is 14.5. The number of imidazole rings is 1. The predicted molar refractivity (Wildman–Crippen MR) is 280 cm³/mol. The molecule has 1 unspecified atom stereocenters. The van der Waals surface area contributed by atoms with Gasteiger partial charge in [-0.25, -0.2) is 24.1 Å². The number of phosphoric acid groups is 2. The van der Waals surface area contributed by atoms with Crippen LogP contribution in [0.15, 0.2) is 54.9 Å². The number of ether oxygens (including phenoxy) is 2. The number of aliphatic hydroxyl groups excluding tert-OH is 1. The first-order valence-corrected chi connectivity index (χ1v) is 28.9. The Morgan fingerprint density at radius 2 is 1.75 bits per heavy atom. The summed E-state index contributed by atoms with van der Waals surface area (Å²) in [5.41, 5.74) is 13.4. The quantitative estimate of drug-likeness (QED) is 0.0292. The van der Waals surface area contributed by atoms with Crippen molar-refractivity contribution in [1.82, 2.24) is 34.3 Å². The maximum atomic E-state index is 14.5. The van der Waals surface area contributed by atoms with E-state index >= 15 is 0 Å². The predicted octanol–water partition coefficient (Wildman–Crippen LogP) is 2.85. The Hall–Kier alpha value is -5.84. The minimum Gasteiger partial charge on any atom is -0.756 e. The van der Waals surface area contributed by atoms with Crippen LogP contribution in [0.25, 0.3) is 16.7 Å². The second kappa shape index (κ2) is 23.4. The first-order valence-electron chi connectivity index (χ1n) is 25.9. The smallest absolute Gasteiger partial charge is 0.470 e. The van der Waals surface area contributed by atoms with Crippen LogP contribution in [0.2, 0.25) is 0 Å². The molecule has 4 aliphatic heterocycles. The molecule has 76 heavy (non-hydrogen) atoms. The highest BCUT2D eigenvalue weighted by Crippen LogP contribution is 2.47. The van der Waals surface area contributed by atoms with Crippen LogP contribution in [0.1, 0.15) is 104 Å². The number of phosphoric ester groups is 2. The Morgan fingerprint density at radius 3 is 2.51 bits per heavy atom. The van der Waals surface area contributed by atoms with E-state index in [0.717, 1.165) is 104 Å². The molecule has 9 rings (SSSR count). The number of nitrogen functional groups attached to an aromatic ring is 1. The van der Waals surface area contributed by atoms with Crippen molar-refractivity contribution in [2.45, 2.75) is 103 Å². The van der Waals surface area contributed by atoms with Gasteiger partial charge in [0.05, 0.1) is 12.7 Å². The third-order valence-corrected chi connectivity index (χ3v) is 15.4. The Balaban J connectivity index is 0.787. The Labute approximate surface area is 439 Å². The molecule has 25 heteroatoms. The van der Waals surface area contributed by atoms with Gasteiger partial charge >= 0.3 is 7.82 Å². The van der Waals surface area contributed by atoms with Gasteiger partial charge < -0.3 is 64.8 Å². The first-order chi connectivity index (χ1) is 36.4. The van der Waals surface area contributed by atoms with Crippen LogP contribution in [-0.2, 0) is 40.6 Å². The summed E-state index contributed by atoms with van der Waals surface area (Å²) >= 11 is 0. The van der Waals surface area contributed by atoms with Crippen molar-refractivity contribution < 1.29 is 61.9 Å². The number of aliphatic hydroxyl groups is 1. The van der Waals surface area contributed by atoms with Crippen LogP contribution >= 0.6 is 15.6 Å². The normalized spacial score (nSPS) is 19.8. The summed E-state index contributed by atoms with van der Waals surface area (Å²) in [4.78, 5) is 83.7. The topological polar surface area (TPSA) is 312 Å². The van der Waals surface area contributed by atoms with Gasteiger partial charge in [-0.2, -0.15) is 0 Å². The van der Waals surface area contributed by atoms with Crippen LogP contribution in [0, 0.1) is 0 Å². The third-order valence-electron chi connectivity index (χ3n) is 14.4. The molecule has 0 spiro atoms. The molecule has 6 heterocycles. The number of nitrogens with one attached hydrogen (secondary N) is 2. The third kappa shape index (κ3) is 12.1. The number of hydrogen-bond donors (Lipinski definition) is 7. The number of fused-ring (bicyclic) bond motifs is 5. The fraction of sp³-hybridized carbons (Fsp3) is 0.490. The lowest BCUT2D eigenvalue weighted by Crippen LogP contribution is -2.39. The summed E-state index contributed by atoms with van der Waals surface area (Å²) in [5.74, 6) is 1.43. The van der Waals surface area contributed by atoms with E-state index < -0.39 is 46.8 Å². The molecule has 0 bridgehead atoms. The van der Waals surface area contributed by atoms with Crippen molar-refractivity contribution >= 4 is 61.7 Å². The van der Waals surface area contributed by atoms with Gasteiger partial charge in [0, 0.05) is 91.8 Å². The molecule has 4 aliphatic rings. The van der Waals surface area contributed by atoms with Gasteiger partial charge in [-0.3, -0.25) is 23.2 Å². The summed E-state index contributed by atoms with van der Waals surface area (Å²) in [6.07, 6.45) is 2.10. The maximum Gasteiger partial charge on any atom is 0.470 e. The van der Waals surface area contributed by atoms with E-state index in [1.165, 1.54) is 26.7 Å². The molecule has 2 amide bonds. The van der Waals surface area contributed by atoms with E-state index in [1.54, 1.807) is 11.9 Å². The number of anilines is 3. The van der Waals surface area contributed by atoms with Crippen molar-refractivity contribution in [2.75, 3.05) is 75.4 Å². The fourth-order valence-electron chi connectivity index (χ4n) is 10.8. The molecule has 8 N–H and O–H groups in total. The zero-order valence-electron chi connectivity index (χ0n) is 42.8. The standard InChI is InChI=1S/C51H66N10O13P2/c1-4-59-23-12-15-31-25-35-39(27-37(31)59)72-40-28-38-32(16-13-24-60(38)5-2)26-36(40)43(35)33-17-8-9-18-34(33)49(64)58(3)22-14-19-42(62)53-20-10-6-7-11-21-54-51-57-44-47(52)55-30-56-48(44)61(51)50-45(63)46(74-76(68,69)70)41(73-50)29-71-75(65,66)67/h8-9,17-18,25-28,30,41,45-46,50,52,63H,4-7,10-16,19-24,29H2,1-3H3,(H6,53,62,64,65,66,67,68,69,70)/t41-,45-,46-,50-/m1/s1. The Kier molecular flexibility index (Phi) is 16.9. The van der Waals surface area contributed by atoms with Crippen LogP contribution < -0.4 is 46.0 Å². The molecule has 408 valence electrons. The molecule has 5 aromatic rings. The second-order valence-electron chi connectivity index (χ2n) is 19.5. The first kappa shape index (κ1) is 54.9. The van der Waals surface area contributed by atoms with Gasteiger partial charge in [-0.1, -0.05) is 31.0 Å². The lowest BCUT2D eigenvalue weighted by molar-refractivity contribution is -0.222. The number of hydrogen-bond acceptors (Lipinski definition) is 16. The molecule has 1 fully saturated rings. The van der Waals surface area contributed by atoms with Crippen LogP contribution in [-0.4, -0.2) is 134 Å². The average Bonchev–Trinajstić information content (AvgIpc) is 3.91. The van der Waals surface area contributed by atoms with Gasteiger partial charge in [0.15, 0.2) is 23.2 Å². The Bertz CT molecular complexity index is 3220.